The average molecular weight is 304 g/mol. The second-order valence-electron chi connectivity index (χ2n) is 4.60. The monoisotopic (exact) mass is 304 g/mol. The molecule has 6 heteroatoms. The molecule has 116 valence electrons. The molecule has 0 saturated carbocycles. The summed E-state index contributed by atoms with van der Waals surface area (Å²) in [4.78, 5) is 15.6. The van der Waals surface area contributed by atoms with Crippen molar-refractivity contribution < 1.29 is 18.7 Å². The van der Waals surface area contributed by atoms with Gasteiger partial charge in [-0.2, -0.15) is 0 Å². The third-order valence-electron chi connectivity index (χ3n) is 3.08. The second-order valence-corrected chi connectivity index (χ2v) is 4.60. The number of benzene rings is 1. The Hall–Kier alpha value is -2.63. The number of nitrogens with one attached hydrogen (secondary N) is 1. The SMILES string of the molecule is COc1ccc(CCC(=O)Nc2ccc(F)cn2)cc1OC. The second kappa shape index (κ2) is 7.40. The summed E-state index contributed by atoms with van der Waals surface area (Å²) in [7, 11) is 3.13. The van der Waals surface area contributed by atoms with Crippen LogP contribution >= 0.6 is 0 Å². The molecular weight excluding hydrogens is 287 g/mol. The van der Waals surface area contributed by atoms with Gasteiger partial charge < -0.3 is 14.8 Å². The van der Waals surface area contributed by atoms with Gasteiger partial charge in [0.25, 0.3) is 0 Å². The van der Waals surface area contributed by atoms with Crippen LogP contribution in [-0.4, -0.2) is 25.1 Å². The summed E-state index contributed by atoms with van der Waals surface area (Å²) in [5.41, 5.74) is 0.958. The maximum Gasteiger partial charge on any atom is 0.225 e. The van der Waals surface area contributed by atoms with Crippen molar-refractivity contribution in [1.82, 2.24) is 4.98 Å². The van der Waals surface area contributed by atoms with E-state index in [1.807, 2.05) is 12.1 Å². The first-order valence-corrected chi connectivity index (χ1v) is 6.74. The number of halogens is 1. The first-order valence-electron chi connectivity index (χ1n) is 6.74. The molecule has 0 radical (unpaired) electrons. The largest absolute Gasteiger partial charge is 0.493 e. The molecule has 2 aromatic rings. The molecule has 0 spiro atoms. The standard InChI is InChI=1S/C16H17FN2O3/c1-21-13-6-3-11(9-14(13)22-2)4-8-16(20)19-15-7-5-12(17)10-18-15/h3,5-7,9-10H,4,8H2,1-2H3,(H,18,19,20). The van der Waals surface area contributed by atoms with Crippen LogP contribution in [0, 0.1) is 5.82 Å². The van der Waals surface area contributed by atoms with Crippen molar-refractivity contribution >= 4 is 11.7 Å². The Balaban J connectivity index is 1.92. The van der Waals surface area contributed by atoms with Gasteiger partial charge >= 0.3 is 0 Å². The Morgan fingerprint density at radius 2 is 1.95 bits per heavy atom. The zero-order valence-corrected chi connectivity index (χ0v) is 12.4. The van der Waals surface area contributed by atoms with E-state index in [-0.39, 0.29) is 12.3 Å². The van der Waals surface area contributed by atoms with E-state index in [0.717, 1.165) is 11.8 Å². The van der Waals surface area contributed by atoms with Crippen molar-refractivity contribution in [3.05, 3.63) is 47.9 Å². The van der Waals surface area contributed by atoms with Crippen LogP contribution < -0.4 is 14.8 Å². The molecule has 0 bridgehead atoms. The van der Waals surface area contributed by atoms with E-state index in [1.165, 1.54) is 12.1 Å². The zero-order valence-electron chi connectivity index (χ0n) is 12.4. The molecule has 1 N–H and O–H groups in total. The fourth-order valence-corrected chi connectivity index (χ4v) is 1.95. The summed E-state index contributed by atoms with van der Waals surface area (Å²) in [6.07, 6.45) is 1.89. The van der Waals surface area contributed by atoms with Crippen LogP contribution in [0.2, 0.25) is 0 Å². The Morgan fingerprint density at radius 3 is 2.59 bits per heavy atom. The number of rotatable bonds is 6. The van der Waals surface area contributed by atoms with Gasteiger partial charge in [-0.3, -0.25) is 4.79 Å². The predicted octanol–water partition coefficient (Wildman–Crippen LogP) is 2.81. The number of aromatic nitrogens is 1. The molecule has 2 rings (SSSR count). The van der Waals surface area contributed by atoms with Gasteiger partial charge in [-0.05, 0) is 36.2 Å². The van der Waals surface area contributed by atoms with Crippen LogP contribution in [0.5, 0.6) is 11.5 Å². The van der Waals surface area contributed by atoms with Gasteiger partial charge in [-0.15, -0.1) is 0 Å². The number of anilines is 1. The molecule has 0 unspecified atom stereocenters. The van der Waals surface area contributed by atoms with Crippen molar-refractivity contribution in [2.75, 3.05) is 19.5 Å². The summed E-state index contributed by atoms with van der Waals surface area (Å²) >= 11 is 0. The van der Waals surface area contributed by atoms with Crippen molar-refractivity contribution in [3.8, 4) is 11.5 Å². The molecule has 0 atom stereocenters. The molecule has 0 fully saturated rings. The molecule has 0 aliphatic rings. The fourth-order valence-electron chi connectivity index (χ4n) is 1.95. The summed E-state index contributed by atoms with van der Waals surface area (Å²) < 4.78 is 23.1. The third-order valence-corrected chi connectivity index (χ3v) is 3.08. The first-order chi connectivity index (χ1) is 10.6. The third kappa shape index (κ3) is 4.18. The van der Waals surface area contributed by atoms with Crippen LogP contribution in [0.3, 0.4) is 0 Å². The van der Waals surface area contributed by atoms with E-state index in [2.05, 4.69) is 10.3 Å². The van der Waals surface area contributed by atoms with Gasteiger partial charge in [0.05, 0.1) is 20.4 Å². The highest BCUT2D eigenvalue weighted by Crippen LogP contribution is 2.27. The highest BCUT2D eigenvalue weighted by atomic mass is 19.1. The van der Waals surface area contributed by atoms with Crippen LogP contribution in [-0.2, 0) is 11.2 Å². The maximum absolute atomic E-state index is 12.7. The highest BCUT2D eigenvalue weighted by molar-refractivity contribution is 5.89. The number of aryl methyl sites for hydroxylation is 1. The number of carbonyl (C=O) groups is 1. The van der Waals surface area contributed by atoms with Gasteiger partial charge in [-0.1, -0.05) is 6.07 Å². The molecule has 5 nitrogen and oxygen atoms in total. The molecular formula is C16H17FN2O3. The fraction of sp³-hybridized carbons (Fsp3) is 0.250. The Labute approximate surface area is 128 Å². The first kappa shape index (κ1) is 15.8. The van der Waals surface area contributed by atoms with E-state index in [4.69, 9.17) is 9.47 Å². The number of hydrogen-bond donors (Lipinski definition) is 1. The number of nitrogens with zero attached hydrogens (tertiary/aromatic N) is 1. The van der Waals surface area contributed by atoms with Gasteiger partial charge in [0, 0.05) is 6.42 Å². The molecule has 0 saturated heterocycles. The lowest BCUT2D eigenvalue weighted by molar-refractivity contribution is -0.116. The minimum atomic E-state index is -0.441. The number of methoxy groups -OCH3 is 2. The molecule has 1 aromatic heterocycles. The van der Waals surface area contributed by atoms with Gasteiger partial charge in [0.1, 0.15) is 11.6 Å². The summed E-state index contributed by atoms with van der Waals surface area (Å²) in [6, 6.07) is 8.18. The molecule has 0 aliphatic heterocycles. The van der Waals surface area contributed by atoms with Crippen LogP contribution in [0.15, 0.2) is 36.5 Å². The molecule has 1 aromatic carbocycles. The quantitative estimate of drug-likeness (QED) is 0.891. The minimum absolute atomic E-state index is 0.186. The zero-order chi connectivity index (χ0) is 15.9. The lowest BCUT2D eigenvalue weighted by Crippen LogP contribution is -2.13. The molecule has 0 aliphatic carbocycles. The van der Waals surface area contributed by atoms with Crippen LogP contribution in [0.4, 0.5) is 10.2 Å². The number of amides is 1. The van der Waals surface area contributed by atoms with E-state index in [0.29, 0.717) is 23.7 Å². The van der Waals surface area contributed by atoms with Crippen LogP contribution in [0.25, 0.3) is 0 Å². The van der Waals surface area contributed by atoms with Crippen molar-refractivity contribution in [2.24, 2.45) is 0 Å². The summed E-state index contributed by atoms with van der Waals surface area (Å²) in [6.45, 7) is 0. The van der Waals surface area contributed by atoms with Gasteiger partial charge in [0.15, 0.2) is 11.5 Å². The predicted molar refractivity (Wildman–Crippen MR) is 80.7 cm³/mol. The lowest BCUT2D eigenvalue weighted by Gasteiger charge is -2.09. The lowest BCUT2D eigenvalue weighted by atomic mass is 10.1. The molecule has 1 amide bonds. The van der Waals surface area contributed by atoms with Crippen molar-refractivity contribution in [3.63, 3.8) is 0 Å². The number of hydrogen-bond acceptors (Lipinski definition) is 4. The summed E-state index contributed by atoms with van der Waals surface area (Å²) in [5, 5.41) is 2.62. The highest BCUT2D eigenvalue weighted by Gasteiger charge is 2.07. The van der Waals surface area contributed by atoms with E-state index < -0.39 is 5.82 Å². The van der Waals surface area contributed by atoms with Gasteiger partial charge in [0.2, 0.25) is 5.91 Å². The molecule has 22 heavy (non-hydrogen) atoms. The summed E-state index contributed by atoms with van der Waals surface area (Å²) in [5.74, 6) is 0.975. The van der Waals surface area contributed by atoms with Crippen LogP contribution in [0.1, 0.15) is 12.0 Å². The van der Waals surface area contributed by atoms with Crippen molar-refractivity contribution in [2.45, 2.75) is 12.8 Å². The number of carbonyl (C=O) groups excluding carboxylic acids is 1. The Bertz CT molecular complexity index is 644. The van der Waals surface area contributed by atoms with E-state index >= 15 is 0 Å². The Kier molecular flexibility index (Phi) is 5.30. The van der Waals surface area contributed by atoms with Gasteiger partial charge in [-0.25, -0.2) is 9.37 Å². The number of pyridine rings is 1. The van der Waals surface area contributed by atoms with Crippen molar-refractivity contribution in [1.29, 1.82) is 0 Å². The average Bonchev–Trinajstić information content (AvgIpc) is 2.54. The number of ether oxygens (including phenoxy) is 2. The van der Waals surface area contributed by atoms with E-state index in [9.17, 15) is 9.18 Å². The topological polar surface area (TPSA) is 60.5 Å². The smallest absolute Gasteiger partial charge is 0.225 e. The minimum Gasteiger partial charge on any atom is -0.493 e. The normalized spacial score (nSPS) is 10.1. The Morgan fingerprint density at radius 1 is 1.18 bits per heavy atom. The van der Waals surface area contributed by atoms with E-state index in [1.54, 1.807) is 20.3 Å². The molecule has 1 heterocycles. The maximum atomic E-state index is 12.7.